The molecule has 59 valence electrons. The Kier molecular flexibility index (Phi) is 2.10. The van der Waals surface area contributed by atoms with Gasteiger partial charge in [0.1, 0.15) is 0 Å². The third-order valence-electron chi connectivity index (χ3n) is 1.81. The minimum Gasteiger partial charge on any atom is -0.378 e. The van der Waals surface area contributed by atoms with Crippen molar-refractivity contribution in [1.82, 2.24) is 0 Å². The predicted molar refractivity (Wildman–Crippen MR) is 46.2 cm³/mol. The minimum absolute atomic E-state index is 0.851. The van der Waals surface area contributed by atoms with E-state index < -0.39 is 0 Å². The molecular formula is C8H10NOS. The summed E-state index contributed by atoms with van der Waals surface area (Å²) in [6, 6.07) is 2.11. The summed E-state index contributed by atoms with van der Waals surface area (Å²) in [7, 11) is 0. The maximum Gasteiger partial charge on any atom is 0.0697 e. The number of nitrogens with zero attached hydrogens (tertiary/aromatic N) is 1. The molecule has 0 saturated carbocycles. The fourth-order valence-corrected chi connectivity index (χ4v) is 1.78. The molecule has 0 aliphatic carbocycles. The van der Waals surface area contributed by atoms with Crippen LogP contribution in [0, 0.1) is 5.38 Å². The molecule has 2 heterocycles. The van der Waals surface area contributed by atoms with Gasteiger partial charge in [0.15, 0.2) is 0 Å². The lowest BCUT2D eigenvalue weighted by Gasteiger charge is -2.27. The van der Waals surface area contributed by atoms with E-state index in [1.54, 1.807) is 11.3 Å². The first-order chi connectivity index (χ1) is 5.47. The Morgan fingerprint density at radius 1 is 1.45 bits per heavy atom. The first-order valence-electron chi connectivity index (χ1n) is 3.75. The molecule has 1 aromatic heterocycles. The lowest BCUT2D eigenvalue weighted by molar-refractivity contribution is 0.122. The monoisotopic (exact) mass is 168 g/mol. The van der Waals surface area contributed by atoms with Crippen LogP contribution in [0.5, 0.6) is 0 Å². The highest BCUT2D eigenvalue weighted by molar-refractivity contribution is 7.07. The summed E-state index contributed by atoms with van der Waals surface area (Å²) in [4.78, 5) is 2.31. The fraction of sp³-hybridized carbons (Fsp3) is 0.500. The number of rotatable bonds is 1. The Morgan fingerprint density at radius 3 is 2.91 bits per heavy atom. The standard InChI is InChI=1S/C8H10NOS/c1-6-11-7-8(1)9-2-4-10-5-3-9/h1,6H,2-5H2. The van der Waals surface area contributed by atoms with Crippen LogP contribution in [0.25, 0.3) is 0 Å². The molecule has 11 heavy (non-hydrogen) atoms. The molecule has 2 nitrogen and oxygen atoms in total. The summed E-state index contributed by atoms with van der Waals surface area (Å²) >= 11 is 1.63. The van der Waals surface area contributed by atoms with Gasteiger partial charge in [-0.1, -0.05) is 0 Å². The van der Waals surface area contributed by atoms with Crippen molar-refractivity contribution in [3.05, 3.63) is 16.8 Å². The largest absolute Gasteiger partial charge is 0.378 e. The van der Waals surface area contributed by atoms with E-state index in [1.165, 1.54) is 5.69 Å². The third-order valence-corrected chi connectivity index (χ3v) is 2.41. The van der Waals surface area contributed by atoms with E-state index in [1.807, 2.05) is 0 Å². The van der Waals surface area contributed by atoms with Gasteiger partial charge in [0.05, 0.1) is 24.3 Å². The molecule has 1 radical (unpaired) electrons. The lowest BCUT2D eigenvalue weighted by Crippen LogP contribution is -2.35. The number of thiophene rings is 1. The van der Waals surface area contributed by atoms with E-state index >= 15 is 0 Å². The Balaban J connectivity index is 2.04. The lowest BCUT2D eigenvalue weighted by atomic mass is 10.4. The van der Waals surface area contributed by atoms with E-state index in [-0.39, 0.29) is 0 Å². The van der Waals surface area contributed by atoms with Gasteiger partial charge in [0, 0.05) is 13.1 Å². The van der Waals surface area contributed by atoms with Gasteiger partial charge in [-0.25, -0.2) is 0 Å². The Hall–Kier alpha value is -0.540. The maximum absolute atomic E-state index is 5.25. The quantitative estimate of drug-likeness (QED) is 0.628. The van der Waals surface area contributed by atoms with Crippen molar-refractivity contribution < 1.29 is 4.74 Å². The van der Waals surface area contributed by atoms with E-state index in [2.05, 4.69) is 21.7 Å². The van der Waals surface area contributed by atoms with Gasteiger partial charge in [0.2, 0.25) is 0 Å². The summed E-state index contributed by atoms with van der Waals surface area (Å²) in [5, 5.41) is 5.28. The highest BCUT2D eigenvalue weighted by Crippen LogP contribution is 2.17. The molecule has 3 heteroatoms. The van der Waals surface area contributed by atoms with Crippen molar-refractivity contribution in [2.75, 3.05) is 31.2 Å². The van der Waals surface area contributed by atoms with E-state index in [4.69, 9.17) is 4.74 Å². The number of hydrogen-bond acceptors (Lipinski definition) is 3. The second-order valence-electron chi connectivity index (χ2n) is 2.51. The molecule has 0 bridgehead atoms. The van der Waals surface area contributed by atoms with Crippen LogP contribution in [-0.4, -0.2) is 26.3 Å². The zero-order valence-corrected chi connectivity index (χ0v) is 7.06. The van der Waals surface area contributed by atoms with E-state index in [9.17, 15) is 0 Å². The van der Waals surface area contributed by atoms with Crippen molar-refractivity contribution in [3.63, 3.8) is 0 Å². The molecule has 0 spiro atoms. The van der Waals surface area contributed by atoms with Gasteiger partial charge < -0.3 is 9.64 Å². The zero-order chi connectivity index (χ0) is 7.52. The van der Waals surface area contributed by atoms with Crippen LogP contribution in [0.15, 0.2) is 11.4 Å². The molecule has 0 N–H and O–H groups in total. The van der Waals surface area contributed by atoms with Crippen LogP contribution in [0.1, 0.15) is 0 Å². The maximum atomic E-state index is 5.25. The highest BCUT2D eigenvalue weighted by Gasteiger charge is 2.10. The van der Waals surface area contributed by atoms with Crippen LogP contribution >= 0.6 is 11.3 Å². The molecule has 1 saturated heterocycles. The second kappa shape index (κ2) is 3.24. The SMILES string of the molecule is [c]1sccc1N1CCOCC1. The van der Waals surface area contributed by atoms with Crippen molar-refractivity contribution in [2.24, 2.45) is 0 Å². The Morgan fingerprint density at radius 2 is 2.27 bits per heavy atom. The molecule has 0 aromatic carbocycles. The van der Waals surface area contributed by atoms with Gasteiger partial charge in [-0.2, -0.15) is 0 Å². The molecular weight excluding hydrogens is 158 g/mol. The van der Waals surface area contributed by atoms with Gasteiger partial charge >= 0.3 is 0 Å². The number of ether oxygens (including phenoxy) is 1. The molecule has 1 aromatic rings. The van der Waals surface area contributed by atoms with Crippen LogP contribution in [0.2, 0.25) is 0 Å². The third kappa shape index (κ3) is 1.54. The molecule has 0 atom stereocenters. The predicted octanol–water partition coefficient (Wildman–Crippen LogP) is 1.38. The number of morpholine rings is 1. The smallest absolute Gasteiger partial charge is 0.0697 e. The van der Waals surface area contributed by atoms with Crippen LogP contribution in [-0.2, 0) is 4.74 Å². The summed E-state index contributed by atoms with van der Waals surface area (Å²) in [5.41, 5.74) is 1.22. The molecule has 1 fully saturated rings. The number of hydrogen-bond donors (Lipinski definition) is 0. The zero-order valence-electron chi connectivity index (χ0n) is 6.25. The molecule has 1 aliphatic heterocycles. The van der Waals surface area contributed by atoms with Crippen molar-refractivity contribution in [3.8, 4) is 0 Å². The molecule has 1 aliphatic rings. The minimum atomic E-state index is 0.851. The highest BCUT2D eigenvalue weighted by atomic mass is 32.1. The summed E-state index contributed by atoms with van der Waals surface area (Å²) in [6.45, 7) is 3.72. The van der Waals surface area contributed by atoms with Crippen molar-refractivity contribution in [2.45, 2.75) is 0 Å². The van der Waals surface area contributed by atoms with Crippen LogP contribution in [0.3, 0.4) is 0 Å². The summed E-state index contributed by atoms with van der Waals surface area (Å²) in [5.74, 6) is 0. The van der Waals surface area contributed by atoms with E-state index in [0.29, 0.717) is 0 Å². The Bertz CT molecular complexity index is 204. The molecule has 2 rings (SSSR count). The van der Waals surface area contributed by atoms with Crippen LogP contribution < -0.4 is 4.90 Å². The first kappa shape index (κ1) is 7.13. The summed E-state index contributed by atoms with van der Waals surface area (Å²) < 4.78 is 5.25. The van der Waals surface area contributed by atoms with Gasteiger partial charge in [-0.05, 0) is 11.4 Å². The fourth-order valence-electron chi connectivity index (χ4n) is 1.20. The first-order valence-corrected chi connectivity index (χ1v) is 4.62. The van der Waals surface area contributed by atoms with Gasteiger partial charge in [-0.15, -0.1) is 11.3 Å². The Labute approximate surface area is 70.4 Å². The van der Waals surface area contributed by atoms with E-state index in [0.717, 1.165) is 26.3 Å². The molecule has 0 unspecified atom stereocenters. The molecule has 0 amide bonds. The normalized spacial score (nSPS) is 18.7. The summed E-state index contributed by atoms with van der Waals surface area (Å²) in [6.07, 6.45) is 0. The van der Waals surface area contributed by atoms with Crippen molar-refractivity contribution >= 4 is 17.0 Å². The topological polar surface area (TPSA) is 12.5 Å². The number of anilines is 1. The van der Waals surface area contributed by atoms with Gasteiger partial charge in [-0.3, -0.25) is 0 Å². The van der Waals surface area contributed by atoms with Crippen LogP contribution in [0.4, 0.5) is 5.69 Å². The van der Waals surface area contributed by atoms with Crippen molar-refractivity contribution in [1.29, 1.82) is 0 Å². The second-order valence-corrected chi connectivity index (χ2v) is 3.22. The average Bonchev–Trinajstić information content (AvgIpc) is 2.58. The average molecular weight is 168 g/mol. The van der Waals surface area contributed by atoms with Gasteiger partial charge in [0.25, 0.3) is 0 Å².